The molecule has 2 aliphatic heterocycles. The lowest BCUT2D eigenvalue weighted by atomic mass is 9.85. The summed E-state index contributed by atoms with van der Waals surface area (Å²) in [5, 5.41) is 14.5. The molecule has 2 fully saturated rings. The molecule has 3 heterocycles. The second-order valence-corrected chi connectivity index (χ2v) is 6.67. The average Bonchev–Trinajstić information content (AvgIpc) is 3.27. The normalized spacial score (nSPS) is 20.9. The van der Waals surface area contributed by atoms with Gasteiger partial charge in [-0.1, -0.05) is 18.2 Å². The molecule has 1 unspecified atom stereocenters. The summed E-state index contributed by atoms with van der Waals surface area (Å²) >= 11 is 0. The fourth-order valence-electron chi connectivity index (χ4n) is 4.03. The molecule has 4 rings (SSSR count). The van der Waals surface area contributed by atoms with Crippen molar-refractivity contribution in [2.75, 3.05) is 24.7 Å². The van der Waals surface area contributed by atoms with Crippen LogP contribution in [0, 0.1) is 10.1 Å². The Morgan fingerprint density at radius 1 is 1.15 bits per heavy atom. The van der Waals surface area contributed by atoms with Crippen molar-refractivity contribution in [1.29, 1.82) is 0 Å². The number of nitrogens with zero attached hydrogens (tertiary/aromatic N) is 3. The van der Waals surface area contributed by atoms with E-state index in [1.54, 1.807) is 17.0 Å². The van der Waals surface area contributed by atoms with Crippen molar-refractivity contribution in [2.24, 2.45) is 0 Å². The second-order valence-electron chi connectivity index (χ2n) is 6.67. The molecule has 0 aliphatic carbocycles. The Bertz CT molecular complexity index is 785. The molecule has 26 heavy (non-hydrogen) atoms. The lowest BCUT2D eigenvalue weighted by Gasteiger charge is -2.43. The molecule has 1 aromatic heterocycles. The molecular weight excluding hydrogens is 336 g/mol. The minimum Gasteiger partial charge on any atom is -0.460 e. The standard InChI is InChI=1S/C18H20N4O4/c23-17-18(21(13-19-17)14-5-2-1-3-6-14)8-10-20(11-9-18)16(22(24)25)15-7-4-12-26-15/h1-7,12,16H,8-11,13H2,(H,19,23). The number of hydrogen-bond acceptors (Lipinski definition) is 6. The SMILES string of the molecule is O=C1NCN(c2ccccc2)C12CCN(C(c1ccco1)[N+](=O)[O-])CC2. The van der Waals surface area contributed by atoms with Gasteiger partial charge in [0.25, 0.3) is 0 Å². The van der Waals surface area contributed by atoms with Crippen LogP contribution in [0.4, 0.5) is 5.69 Å². The summed E-state index contributed by atoms with van der Waals surface area (Å²) < 4.78 is 5.27. The van der Waals surface area contributed by atoms with Crippen LogP contribution < -0.4 is 10.2 Å². The van der Waals surface area contributed by atoms with Crippen LogP contribution in [0.2, 0.25) is 0 Å². The number of anilines is 1. The van der Waals surface area contributed by atoms with Gasteiger partial charge in [0.15, 0.2) is 5.76 Å². The van der Waals surface area contributed by atoms with Gasteiger partial charge in [-0.25, -0.2) is 4.90 Å². The summed E-state index contributed by atoms with van der Waals surface area (Å²) in [6, 6.07) is 13.1. The third kappa shape index (κ3) is 2.62. The molecule has 8 nitrogen and oxygen atoms in total. The topological polar surface area (TPSA) is 91.9 Å². The van der Waals surface area contributed by atoms with Crippen LogP contribution in [-0.4, -0.2) is 41.0 Å². The number of hydrogen-bond donors (Lipinski definition) is 1. The summed E-state index contributed by atoms with van der Waals surface area (Å²) in [6.45, 7) is 1.35. The number of furan rings is 1. The summed E-state index contributed by atoms with van der Waals surface area (Å²) in [6.07, 6.45) is 1.48. The van der Waals surface area contributed by atoms with E-state index in [-0.39, 0.29) is 10.8 Å². The fraction of sp³-hybridized carbons (Fsp3) is 0.389. The number of piperidine rings is 1. The van der Waals surface area contributed by atoms with Gasteiger partial charge >= 0.3 is 6.17 Å². The van der Waals surface area contributed by atoms with E-state index in [0.717, 1.165) is 5.69 Å². The number of likely N-dealkylation sites (tertiary alicyclic amines) is 1. The van der Waals surface area contributed by atoms with Crippen molar-refractivity contribution in [3.63, 3.8) is 0 Å². The van der Waals surface area contributed by atoms with Gasteiger partial charge in [0.1, 0.15) is 5.54 Å². The van der Waals surface area contributed by atoms with Gasteiger partial charge in [0.05, 0.1) is 12.9 Å². The Labute approximate surface area is 150 Å². The average molecular weight is 356 g/mol. The van der Waals surface area contributed by atoms with E-state index in [1.165, 1.54) is 6.26 Å². The molecule has 136 valence electrons. The Kier molecular flexibility index (Phi) is 4.12. The molecule has 8 heteroatoms. The van der Waals surface area contributed by atoms with Crippen LogP contribution >= 0.6 is 0 Å². The van der Waals surface area contributed by atoms with Crippen molar-refractivity contribution in [3.05, 3.63) is 64.6 Å². The Morgan fingerprint density at radius 3 is 2.50 bits per heavy atom. The van der Waals surface area contributed by atoms with Crippen LogP contribution in [0.25, 0.3) is 0 Å². The van der Waals surface area contributed by atoms with E-state index in [1.807, 2.05) is 30.3 Å². The van der Waals surface area contributed by atoms with Crippen molar-refractivity contribution >= 4 is 11.6 Å². The van der Waals surface area contributed by atoms with Crippen molar-refractivity contribution in [2.45, 2.75) is 24.5 Å². The lowest BCUT2D eigenvalue weighted by molar-refractivity contribution is -0.562. The van der Waals surface area contributed by atoms with Gasteiger partial charge in [-0.3, -0.25) is 14.9 Å². The molecule has 2 saturated heterocycles. The largest absolute Gasteiger partial charge is 0.460 e. The number of nitro groups is 1. The zero-order chi connectivity index (χ0) is 18.1. The van der Waals surface area contributed by atoms with Crippen LogP contribution in [0.3, 0.4) is 0 Å². The minimum atomic E-state index is -1.02. The summed E-state index contributed by atoms with van der Waals surface area (Å²) in [4.78, 5) is 27.8. The number of benzene rings is 1. The smallest absolute Gasteiger partial charge is 0.326 e. The quantitative estimate of drug-likeness (QED) is 0.665. The fourth-order valence-corrected chi connectivity index (χ4v) is 4.03. The highest BCUT2D eigenvalue weighted by Gasteiger charge is 2.52. The van der Waals surface area contributed by atoms with E-state index in [9.17, 15) is 14.9 Å². The Morgan fingerprint density at radius 2 is 1.88 bits per heavy atom. The molecule has 1 aromatic carbocycles. The van der Waals surface area contributed by atoms with Crippen LogP contribution in [0.5, 0.6) is 0 Å². The third-order valence-corrected chi connectivity index (χ3v) is 5.37. The van der Waals surface area contributed by atoms with Crippen molar-refractivity contribution in [1.82, 2.24) is 10.2 Å². The Balaban J connectivity index is 1.56. The zero-order valence-electron chi connectivity index (χ0n) is 14.2. The highest BCUT2D eigenvalue weighted by molar-refractivity contribution is 5.93. The number of carbonyl (C=O) groups excluding carboxylic acids is 1. The van der Waals surface area contributed by atoms with E-state index in [4.69, 9.17) is 4.42 Å². The monoisotopic (exact) mass is 356 g/mol. The molecule has 1 N–H and O–H groups in total. The summed E-state index contributed by atoms with van der Waals surface area (Å²) in [5.74, 6) is 0.318. The highest BCUT2D eigenvalue weighted by atomic mass is 16.6. The van der Waals surface area contributed by atoms with E-state index in [2.05, 4.69) is 10.2 Å². The minimum absolute atomic E-state index is 0.00310. The molecule has 0 radical (unpaired) electrons. The first-order chi connectivity index (χ1) is 12.6. The second kappa shape index (κ2) is 6.45. The predicted octanol–water partition coefficient (Wildman–Crippen LogP) is 1.98. The first-order valence-electron chi connectivity index (χ1n) is 8.64. The maximum atomic E-state index is 12.7. The van der Waals surface area contributed by atoms with Gasteiger partial charge < -0.3 is 14.6 Å². The van der Waals surface area contributed by atoms with Gasteiger partial charge in [0.2, 0.25) is 5.91 Å². The van der Waals surface area contributed by atoms with Crippen molar-refractivity contribution < 1.29 is 14.1 Å². The number of nitrogens with one attached hydrogen (secondary N) is 1. The van der Waals surface area contributed by atoms with Crippen LogP contribution in [0.15, 0.2) is 53.1 Å². The number of amides is 1. The van der Waals surface area contributed by atoms with Gasteiger partial charge in [0, 0.05) is 23.7 Å². The molecule has 0 bridgehead atoms. The summed E-state index contributed by atoms with van der Waals surface area (Å²) in [5.41, 5.74) is 0.332. The zero-order valence-corrected chi connectivity index (χ0v) is 14.2. The van der Waals surface area contributed by atoms with Crippen molar-refractivity contribution in [3.8, 4) is 0 Å². The van der Waals surface area contributed by atoms with Gasteiger partial charge in [-0.05, 0) is 37.1 Å². The van der Waals surface area contributed by atoms with Gasteiger partial charge in [-0.2, -0.15) is 0 Å². The number of rotatable bonds is 4. The first kappa shape index (κ1) is 16.6. The number of para-hydroxylation sites is 1. The van der Waals surface area contributed by atoms with Gasteiger partial charge in [-0.15, -0.1) is 0 Å². The van der Waals surface area contributed by atoms with Crippen LogP contribution in [0.1, 0.15) is 24.8 Å². The maximum absolute atomic E-state index is 12.7. The molecule has 2 aliphatic rings. The number of carbonyl (C=O) groups is 1. The van der Waals surface area contributed by atoms with E-state index < -0.39 is 11.7 Å². The molecule has 1 spiro atoms. The molecular formula is C18H20N4O4. The molecule has 0 saturated carbocycles. The Hall–Kier alpha value is -2.87. The lowest BCUT2D eigenvalue weighted by Crippen LogP contribution is -2.57. The maximum Gasteiger partial charge on any atom is 0.326 e. The first-order valence-corrected chi connectivity index (χ1v) is 8.64. The molecule has 2 aromatic rings. The van der Waals surface area contributed by atoms with Crippen LogP contribution in [-0.2, 0) is 4.79 Å². The molecule has 1 amide bonds. The molecule has 1 atom stereocenters. The van der Waals surface area contributed by atoms with E-state index in [0.29, 0.717) is 38.4 Å². The predicted molar refractivity (Wildman–Crippen MR) is 93.9 cm³/mol. The summed E-state index contributed by atoms with van der Waals surface area (Å²) in [7, 11) is 0. The third-order valence-electron chi connectivity index (χ3n) is 5.37. The highest BCUT2D eigenvalue weighted by Crippen LogP contribution is 2.38. The van der Waals surface area contributed by atoms with E-state index >= 15 is 0 Å².